The first-order valence-corrected chi connectivity index (χ1v) is 5.52. The lowest BCUT2D eigenvalue weighted by Crippen LogP contribution is -2.47. The molecule has 0 atom stereocenters. The molecule has 78 valence electrons. The maximum atomic E-state index is 9.19. The van der Waals surface area contributed by atoms with Gasteiger partial charge in [-0.3, -0.25) is 4.90 Å². The standard InChI is InChI=1S/C10H21NOS/c1-9(2,7-12)11(3)6-10(8-13)4-5-10/h12-13H,4-8H2,1-3H3. The molecule has 0 radical (unpaired) electrons. The van der Waals surface area contributed by atoms with Gasteiger partial charge in [-0.15, -0.1) is 0 Å². The van der Waals surface area contributed by atoms with Gasteiger partial charge in [-0.05, 0) is 44.9 Å². The lowest BCUT2D eigenvalue weighted by molar-refractivity contribution is 0.0656. The molecule has 3 heteroatoms. The molecule has 0 unspecified atom stereocenters. The molecule has 1 rings (SSSR count). The Labute approximate surface area is 86.7 Å². The Morgan fingerprint density at radius 2 is 2.00 bits per heavy atom. The number of nitrogens with zero attached hydrogens (tertiary/aromatic N) is 1. The molecule has 2 nitrogen and oxygen atoms in total. The van der Waals surface area contributed by atoms with Gasteiger partial charge in [0.25, 0.3) is 0 Å². The normalized spacial score (nSPS) is 20.8. The number of thiol groups is 1. The van der Waals surface area contributed by atoms with E-state index in [9.17, 15) is 5.11 Å². The van der Waals surface area contributed by atoms with Gasteiger partial charge < -0.3 is 5.11 Å². The van der Waals surface area contributed by atoms with E-state index in [1.807, 2.05) is 0 Å². The van der Waals surface area contributed by atoms with Crippen LogP contribution in [0, 0.1) is 5.41 Å². The zero-order chi connectivity index (χ0) is 10.1. The number of likely N-dealkylation sites (N-methyl/N-ethyl adjacent to an activating group) is 1. The number of aliphatic hydroxyl groups is 1. The second-order valence-electron chi connectivity index (χ2n) is 4.98. The third kappa shape index (κ3) is 2.61. The third-order valence-electron chi connectivity index (χ3n) is 3.29. The fraction of sp³-hybridized carbons (Fsp3) is 1.00. The summed E-state index contributed by atoms with van der Waals surface area (Å²) in [7, 11) is 2.08. The maximum absolute atomic E-state index is 9.19. The van der Waals surface area contributed by atoms with Crippen molar-refractivity contribution in [2.45, 2.75) is 32.2 Å². The number of aliphatic hydroxyl groups excluding tert-OH is 1. The van der Waals surface area contributed by atoms with Crippen LogP contribution in [0.15, 0.2) is 0 Å². The van der Waals surface area contributed by atoms with Crippen LogP contribution < -0.4 is 0 Å². The summed E-state index contributed by atoms with van der Waals surface area (Å²) in [5.74, 6) is 0.971. The van der Waals surface area contributed by atoms with E-state index in [0.717, 1.165) is 12.3 Å². The predicted octanol–water partition coefficient (Wildman–Crippen LogP) is 1.40. The first-order chi connectivity index (χ1) is 5.96. The van der Waals surface area contributed by atoms with Gasteiger partial charge in [0.15, 0.2) is 0 Å². The summed E-state index contributed by atoms with van der Waals surface area (Å²) < 4.78 is 0. The molecule has 1 fully saturated rings. The van der Waals surface area contributed by atoms with Crippen LogP contribution in [0.3, 0.4) is 0 Å². The number of rotatable bonds is 5. The van der Waals surface area contributed by atoms with E-state index < -0.39 is 0 Å². The van der Waals surface area contributed by atoms with Gasteiger partial charge >= 0.3 is 0 Å². The SMILES string of the molecule is CN(CC1(CS)CC1)C(C)(C)CO. The average Bonchev–Trinajstić information content (AvgIpc) is 2.85. The van der Waals surface area contributed by atoms with Gasteiger partial charge in [-0.25, -0.2) is 0 Å². The Morgan fingerprint density at radius 3 is 2.31 bits per heavy atom. The molecule has 0 amide bonds. The Kier molecular flexibility index (Phi) is 3.31. The van der Waals surface area contributed by atoms with Crippen molar-refractivity contribution in [2.24, 2.45) is 5.41 Å². The molecule has 0 aromatic rings. The van der Waals surface area contributed by atoms with E-state index in [4.69, 9.17) is 0 Å². The molecule has 0 aliphatic heterocycles. The summed E-state index contributed by atoms with van der Waals surface area (Å²) in [6.07, 6.45) is 2.59. The topological polar surface area (TPSA) is 23.5 Å². The summed E-state index contributed by atoms with van der Waals surface area (Å²) in [5.41, 5.74) is 0.350. The van der Waals surface area contributed by atoms with Gasteiger partial charge in [0, 0.05) is 12.1 Å². The Balaban J connectivity index is 2.45. The van der Waals surface area contributed by atoms with Crippen LogP contribution >= 0.6 is 12.6 Å². The predicted molar refractivity (Wildman–Crippen MR) is 59.3 cm³/mol. The Morgan fingerprint density at radius 1 is 1.46 bits per heavy atom. The van der Waals surface area contributed by atoms with E-state index in [2.05, 4.69) is 38.4 Å². The van der Waals surface area contributed by atoms with E-state index in [1.54, 1.807) is 0 Å². The lowest BCUT2D eigenvalue weighted by Gasteiger charge is -2.36. The minimum absolute atomic E-state index is 0.0987. The molecular formula is C10H21NOS. The first kappa shape index (κ1) is 11.3. The molecule has 13 heavy (non-hydrogen) atoms. The highest BCUT2D eigenvalue weighted by molar-refractivity contribution is 7.80. The summed E-state index contributed by atoms with van der Waals surface area (Å²) in [6, 6.07) is 0. The Bertz CT molecular complexity index is 178. The summed E-state index contributed by atoms with van der Waals surface area (Å²) in [6.45, 7) is 5.42. The molecule has 0 spiro atoms. The van der Waals surface area contributed by atoms with Crippen molar-refractivity contribution in [3.8, 4) is 0 Å². The average molecular weight is 203 g/mol. The fourth-order valence-electron chi connectivity index (χ4n) is 1.38. The van der Waals surface area contributed by atoms with Gasteiger partial charge in [-0.1, -0.05) is 0 Å². The van der Waals surface area contributed by atoms with Crippen molar-refractivity contribution in [3.05, 3.63) is 0 Å². The smallest absolute Gasteiger partial charge is 0.0609 e. The van der Waals surface area contributed by atoms with Crippen molar-refractivity contribution in [1.82, 2.24) is 4.90 Å². The summed E-state index contributed by atoms with van der Waals surface area (Å²) >= 11 is 4.37. The van der Waals surface area contributed by atoms with Crippen LogP contribution in [0.2, 0.25) is 0 Å². The largest absolute Gasteiger partial charge is 0.394 e. The highest BCUT2D eigenvalue weighted by atomic mass is 32.1. The molecule has 0 heterocycles. The molecule has 1 aliphatic rings. The first-order valence-electron chi connectivity index (χ1n) is 4.89. The third-order valence-corrected chi connectivity index (χ3v) is 3.96. The van der Waals surface area contributed by atoms with Crippen LogP contribution in [0.25, 0.3) is 0 Å². The van der Waals surface area contributed by atoms with Crippen molar-refractivity contribution in [3.63, 3.8) is 0 Å². The van der Waals surface area contributed by atoms with Crippen LogP contribution in [0.4, 0.5) is 0 Å². The number of hydrogen-bond acceptors (Lipinski definition) is 3. The fourth-order valence-corrected chi connectivity index (χ4v) is 1.80. The van der Waals surface area contributed by atoms with E-state index >= 15 is 0 Å². The molecule has 0 bridgehead atoms. The van der Waals surface area contributed by atoms with E-state index in [1.165, 1.54) is 12.8 Å². The van der Waals surface area contributed by atoms with Gasteiger partial charge in [0.05, 0.1) is 6.61 Å². The quantitative estimate of drug-likeness (QED) is 0.660. The molecule has 1 aliphatic carbocycles. The monoisotopic (exact) mass is 203 g/mol. The van der Waals surface area contributed by atoms with Crippen molar-refractivity contribution in [1.29, 1.82) is 0 Å². The van der Waals surface area contributed by atoms with E-state index in [-0.39, 0.29) is 12.1 Å². The van der Waals surface area contributed by atoms with E-state index in [0.29, 0.717) is 5.41 Å². The van der Waals surface area contributed by atoms with Gasteiger partial charge in [0.2, 0.25) is 0 Å². The van der Waals surface area contributed by atoms with Crippen molar-refractivity contribution in [2.75, 3.05) is 26.0 Å². The van der Waals surface area contributed by atoms with Crippen LogP contribution in [-0.4, -0.2) is 41.5 Å². The maximum Gasteiger partial charge on any atom is 0.0609 e. The zero-order valence-corrected chi connectivity index (χ0v) is 9.77. The summed E-state index contributed by atoms with van der Waals surface area (Å²) in [5, 5.41) is 9.19. The molecule has 1 saturated carbocycles. The molecule has 1 N–H and O–H groups in total. The minimum Gasteiger partial charge on any atom is -0.394 e. The summed E-state index contributed by atoms with van der Waals surface area (Å²) in [4.78, 5) is 2.25. The minimum atomic E-state index is -0.0987. The second kappa shape index (κ2) is 3.79. The second-order valence-corrected chi connectivity index (χ2v) is 5.30. The number of hydrogen-bond donors (Lipinski definition) is 2. The van der Waals surface area contributed by atoms with Gasteiger partial charge in [0.1, 0.15) is 0 Å². The molecule has 0 aromatic heterocycles. The highest BCUT2D eigenvalue weighted by Gasteiger charge is 2.43. The van der Waals surface area contributed by atoms with Crippen LogP contribution in [0.1, 0.15) is 26.7 Å². The lowest BCUT2D eigenvalue weighted by atomic mass is 10.0. The van der Waals surface area contributed by atoms with Crippen molar-refractivity contribution >= 4 is 12.6 Å². The Hall–Kier alpha value is 0.270. The van der Waals surface area contributed by atoms with Crippen molar-refractivity contribution < 1.29 is 5.11 Å². The van der Waals surface area contributed by atoms with Gasteiger partial charge in [-0.2, -0.15) is 12.6 Å². The molecule has 0 aromatic carbocycles. The molecular weight excluding hydrogens is 182 g/mol. The molecule has 0 saturated heterocycles. The van der Waals surface area contributed by atoms with Crippen LogP contribution in [-0.2, 0) is 0 Å². The highest BCUT2D eigenvalue weighted by Crippen LogP contribution is 2.47. The zero-order valence-electron chi connectivity index (χ0n) is 8.88. The van der Waals surface area contributed by atoms with Crippen LogP contribution in [0.5, 0.6) is 0 Å².